The molecule has 0 atom stereocenters. The van der Waals surface area contributed by atoms with Gasteiger partial charge in [0.25, 0.3) is 0 Å². The zero-order valence-corrected chi connectivity index (χ0v) is 13.8. The van der Waals surface area contributed by atoms with Gasteiger partial charge in [-0.1, -0.05) is 22.0 Å². The van der Waals surface area contributed by atoms with Gasteiger partial charge in [-0.2, -0.15) is 5.10 Å². The van der Waals surface area contributed by atoms with Crippen molar-refractivity contribution in [2.45, 2.75) is 6.92 Å². The first-order valence-electron chi connectivity index (χ1n) is 6.93. The minimum Gasteiger partial charge on any atom is -0.461 e. The number of pyridine rings is 1. The van der Waals surface area contributed by atoms with Crippen LogP contribution >= 0.6 is 15.9 Å². The number of ether oxygens (including phenoxy) is 1. The number of halogens is 1. The summed E-state index contributed by atoms with van der Waals surface area (Å²) in [5, 5.41) is 4.49. The fourth-order valence-electron chi connectivity index (χ4n) is 2.18. The minimum absolute atomic E-state index is 0.169. The van der Waals surface area contributed by atoms with Gasteiger partial charge in [-0.25, -0.2) is 14.5 Å². The second kappa shape index (κ2) is 6.29. The fraction of sp³-hybridized carbons (Fsp3) is 0.125. The third kappa shape index (κ3) is 2.87. The van der Waals surface area contributed by atoms with Crippen LogP contribution in [0.1, 0.15) is 17.4 Å². The van der Waals surface area contributed by atoms with Gasteiger partial charge in [0.1, 0.15) is 0 Å². The molecule has 0 unspecified atom stereocenters. The number of nitrogens with zero attached hydrogens (tertiary/aromatic N) is 3. The van der Waals surface area contributed by atoms with Crippen molar-refractivity contribution in [3.05, 3.63) is 63.0 Å². The predicted octanol–water partition coefficient (Wildman–Crippen LogP) is 2.72. The number of hydrogen-bond acceptors (Lipinski definition) is 5. The summed E-state index contributed by atoms with van der Waals surface area (Å²) in [5.74, 6) is -0.744. The van der Waals surface area contributed by atoms with E-state index < -0.39 is 11.4 Å². The molecule has 0 spiro atoms. The SMILES string of the molecule is CCOC(=O)c1nn(-c2cccc(Br)c2)c2ncccc2c1=O. The van der Waals surface area contributed by atoms with E-state index in [-0.39, 0.29) is 12.3 Å². The fourth-order valence-corrected chi connectivity index (χ4v) is 2.57. The molecule has 23 heavy (non-hydrogen) atoms. The smallest absolute Gasteiger partial charge is 0.362 e. The van der Waals surface area contributed by atoms with Gasteiger partial charge < -0.3 is 4.74 Å². The van der Waals surface area contributed by atoms with Crippen LogP contribution in [0, 0.1) is 0 Å². The lowest BCUT2D eigenvalue weighted by molar-refractivity contribution is 0.0516. The Kier molecular flexibility index (Phi) is 4.20. The first-order valence-corrected chi connectivity index (χ1v) is 7.72. The van der Waals surface area contributed by atoms with E-state index in [4.69, 9.17) is 4.74 Å². The maximum absolute atomic E-state index is 12.5. The molecule has 6 nitrogen and oxygen atoms in total. The molecular formula is C16H12BrN3O3. The van der Waals surface area contributed by atoms with Gasteiger partial charge in [0.05, 0.1) is 17.7 Å². The molecule has 0 aliphatic rings. The number of esters is 1. The van der Waals surface area contributed by atoms with E-state index >= 15 is 0 Å². The van der Waals surface area contributed by atoms with E-state index in [1.807, 2.05) is 24.3 Å². The van der Waals surface area contributed by atoms with Gasteiger partial charge in [0.2, 0.25) is 11.1 Å². The molecule has 7 heteroatoms. The van der Waals surface area contributed by atoms with Crippen molar-refractivity contribution in [1.29, 1.82) is 0 Å². The van der Waals surface area contributed by atoms with Crippen molar-refractivity contribution in [3.63, 3.8) is 0 Å². The normalized spacial score (nSPS) is 10.7. The van der Waals surface area contributed by atoms with Gasteiger partial charge in [0.15, 0.2) is 5.65 Å². The molecule has 0 saturated heterocycles. The molecule has 0 saturated carbocycles. The monoisotopic (exact) mass is 373 g/mol. The van der Waals surface area contributed by atoms with Crippen LogP contribution in [0.2, 0.25) is 0 Å². The van der Waals surface area contributed by atoms with Crippen LogP contribution in [-0.2, 0) is 4.74 Å². The Morgan fingerprint density at radius 1 is 1.30 bits per heavy atom. The number of benzene rings is 1. The molecular weight excluding hydrogens is 362 g/mol. The second-order valence-corrected chi connectivity index (χ2v) is 5.58. The topological polar surface area (TPSA) is 74.1 Å². The van der Waals surface area contributed by atoms with Crippen LogP contribution < -0.4 is 5.43 Å². The molecule has 3 aromatic rings. The molecule has 0 aliphatic carbocycles. The average molecular weight is 374 g/mol. The van der Waals surface area contributed by atoms with Crippen molar-refractivity contribution in [3.8, 4) is 5.69 Å². The predicted molar refractivity (Wildman–Crippen MR) is 88.8 cm³/mol. The molecule has 0 radical (unpaired) electrons. The molecule has 0 bridgehead atoms. The molecule has 1 aromatic carbocycles. The van der Waals surface area contributed by atoms with Crippen LogP contribution in [0.3, 0.4) is 0 Å². The van der Waals surface area contributed by atoms with Crippen molar-refractivity contribution < 1.29 is 9.53 Å². The third-order valence-electron chi connectivity index (χ3n) is 3.17. The quantitative estimate of drug-likeness (QED) is 0.659. The second-order valence-electron chi connectivity index (χ2n) is 4.66. The zero-order chi connectivity index (χ0) is 16.4. The Labute approximate surface area is 139 Å². The summed E-state index contributed by atoms with van der Waals surface area (Å²) in [5.41, 5.74) is 0.308. The van der Waals surface area contributed by atoms with Gasteiger partial charge in [-0.15, -0.1) is 0 Å². The van der Waals surface area contributed by atoms with Crippen molar-refractivity contribution in [2.24, 2.45) is 0 Å². The molecule has 116 valence electrons. The Morgan fingerprint density at radius 3 is 2.87 bits per heavy atom. The summed E-state index contributed by atoms with van der Waals surface area (Å²) in [6.45, 7) is 1.84. The highest BCUT2D eigenvalue weighted by atomic mass is 79.9. The Morgan fingerprint density at radius 2 is 2.13 bits per heavy atom. The van der Waals surface area contributed by atoms with E-state index in [1.165, 1.54) is 4.68 Å². The average Bonchev–Trinajstić information content (AvgIpc) is 2.55. The highest BCUT2D eigenvalue weighted by Crippen LogP contribution is 2.18. The van der Waals surface area contributed by atoms with E-state index in [2.05, 4.69) is 26.0 Å². The van der Waals surface area contributed by atoms with Crippen molar-refractivity contribution in [2.75, 3.05) is 6.61 Å². The van der Waals surface area contributed by atoms with E-state index in [9.17, 15) is 9.59 Å². The van der Waals surface area contributed by atoms with E-state index in [0.717, 1.165) is 4.47 Å². The van der Waals surface area contributed by atoms with Gasteiger partial charge in [0, 0.05) is 10.7 Å². The lowest BCUT2D eigenvalue weighted by Gasteiger charge is -2.11. The molecule has 2 heterocycles. The van der Waals surface area contributed by atoms with Gasteiger partial charge >= 0.3 is 5.97 Å². The van der Waals surface area contributed by atoms with Gasteiger partial charge in [-0.3, -0.25) is 4.79 Å². The summed E-state index contributed by atoms with van der Waals surface area (Å²) in [4.78, 5) is 28.7. The Balaban J connectivity index is 2.34. The van der Waals surface area contributed by atoms with Crippen LogP contribution in [0.4, 0.5) is 0 Å². The lowest BCUT2D eigenvalue weighted by Crippen LogP contribution is -2.24. The lowest BCUT2D eigenvalue weighted by atomic mass is 10.2. The van der Waals surface area contributed by atoms with Crippen LogP contribution in [0.5, 0.6) is 0 Å². The Hall–Kier alpha value is -2.54. The first-order chi connectivity index (χ1) is 11.1. The maximum Gasteiger partial charge on any atom is 0.362 e. The number of rotatable bonds is 3. The largest absolute Gasteiger partial charge is 0.461 e. The number of fused-ring (bicyclic) bond motifs is 1. The van der Waals surface area contributed by atoms with Gasteiger partial charge in [-0.05, 0) is 37.3 Å². The molecule has 3 rings (SSSR count). The number of hydrogen-bond donors (Lipinski definition) is 0. The highest BCUT2D eigenvalue weighted by molar-refractivity contribution is 9.10. The minimum atomic E-state index is -0.744. The van der Waals surface area contributed by atoms with E-state index in [0.29, 0.717) is 16.7 Å². The van der Waals surface area contributed by atoms with Crippen LogP contribution in [-0.4, -0.2) is 27.3 Å². The molecule has 0 N–H and O–H groups in total. The summed E-state index contributed by atoms with van der Waals surface area (Å²) < 4.78 is 7.24. The number of carbonyl (C=O) groups excluding carboxylic acids is 1. The maximum atomic E-state index is 12.5. The summed E-state index contributed by atoms with van der Waals surface area (Å²) in [6.07, 6.45) is 1.57. The Bertz CT molecular complexity index is 953. The van der Waals surface area contributed by atoms with Crippen LogP contribution in [0.25, 0.3) is 16.7 Å². The third-order valence-corrected chi connectivity index (χ3v) is 3.66. The molecule has 0 amide bonds. The summed E-state index contributed by atoms with van der Waals surface area (Å²) in [6, 6.07) is 10.6. The molecule has 0 aliphatic heterocycles. The summed E-state index contributed by atoms with van der Waals surface area (Å²) >= 11 is 3.40. The first kappa shape index (κ1) is 15.4. The standard InChI is InChI=1S/C16H12BrN3O3/c1-2-23-16(22)13-14(21)12-7-4-8-18-15(12)20(19-13)11-6-3-5-10(17)9-11/h3-9H,2H2,1H3. The highest BCUT2D eigenvalue weighted by Gasteiger charge is 2.19. The van der Waals surface area contributed by atoms with Crippen molar-refractivity contribution in [1.82, 2.24) is 14.8 Å². The van der Waals surface area contributed by atoms with Crippen LogP contribution in [0.15, 0.2) is 51.9 Å². The number of aromatic nitrogens is 3. The number of carbonyl (C=O) groups is 1. The molecule has 0 fully saturated rings. The van der Waals surface area contributed by atoms with E-state index in [1.54, 1.807) is 25.3 Å². The zero-order valence-electron chi connectivity index (χ0n) is 12.2. The molecule has 2 aromatic heterocycles. The van der Waals surface area contributed by atoms with Crippen molar-refractivity contribution >= 4 is 32.9 Å². The summed E-state index contributed by atoms with van der Waals surface area (Å²) in [7, 11) is 0.